The number of rotatable bonds is 4. The zero-order valence-corrected chi connectivity index (χ0v) is 11.3. The van der Waals surface area contributed by atoms with Crippen molar-refractivity contribution in [2.45, 2.75) is 6.54 Å². The average molecular weight is 325 g/mol. The Kier molecular flexibility index (Phi) is 4.11. The van der Waals surface area contributed by atoms with Gasteiger partial charge in [-0.05, 0) is 40.2 Å². The Morgan fingerprint density at radius 3 is 2.79 bits per heavy atom. The molecule has 0 aliphatic heterocycles. The van der Waals surface area contributed by atoms with Gasteiger partial charge in [-0.3, -0.25) is 4.98 Å². The molecule has 2 N–H and O–H groups in total. The molecule has 2 aromatic rings. The number of aromatic carboxylic acids is 1. The minimum Gasteiger partial charge on any atom is -0.478 e. The van der Waals surface area contributed by atoms with Crippen LogP contribution >= 0.6 is 15.9 Å². The van der Waals surface area contributed by atoms with Crippen LogP contribution in [0.3, 0.4) is 0 Å². The van der Waals surface area contributed by atoms with Gasteiger partial charge in [0.25, 0.3) is 0 Å². The number of nitrogens with one attached hydrogen (secondary N) is 1. The maximum absolute atomic E-state index is 13.9. The summed E-state index contributed by atoms with van der Waals surface area (Å²) in [6.45, 7) is 0.358. The molecule has 0 unspecified atom stereocenters. The predicted molar refractivity (Wildman–Crippen MR) is 72.6 cm³/mol. The highest BCUT2D eigenvalue weighted by Crippen LogP contribution is 2.27. The lowest BCUT2D eigenvalue weighted by Crippen LogP contribution is -2.06. The molecule has 0 atom stereocenters. The molecule has 19 heavy (non-hydrogen) atoms. The zero-order valence-electron chi connectivity index (χ0n) is 9.73. The van der Waals surface area contributed by atoms with Gasteiger partial charge in [-0.1, -0.05) is 6.07 Å². The number of pyridine rings is 1. The van der Waals surface area contributed by atoms with Crippen LogP contribution in [0.25, 0.3) is 0 Å². The van der Waals surface area contributed by atoms with Crippen LogP contribution in [0.4, 0.5) is 10.1 Å². The summed E-state index contributed by atoms with van der Waals surface area (Å²) in [4.78, 5) is 14.9. The van der Waals surface area contributed by atoms with Crippen LogP contribution in [0.15, 0.2) is 41.0 Å². The van der Waals surface area contributed by atoms with E-state index in [0.717, 1.165) is 5.69 Å². The lowest BCUT2D eigenvalue weighted by molar-refractivity contribution is 0.0695. The maximum Gasteiger partial charge on any atom is 0.336 e. The van der Waals surface area contributed by atoms with Gasteiger partial charge in [0.1, 0.15) is 0 Å². The topological polar surface area (TPSA) is 62.2 Å². The monoisotopic (exact) mass is 324 g/mol. The van der Waals surface area contributed by atoms with Crippen molar-refractivity contribution in [3.05, 3.63) is 58.1 Å². The lowest BCUT2D eigenvalue weighted by Gasteiger charge is -2.09. The molecule has 1 aromatic carbocycles. The molecule has 0 aliphatic carbocycles. The molecule has 0 saturated carbocycles. The highest BCUT2D eigenvalue weighted by molar-refractivity contribution is 9.10. The van der Waals surface area contributed by atoms with E-state index in [4.69, 9.17) is 5.11 Å². The average Bonchev–Trinajstić information content (AvgIpc) is 2.41. The first-order valence-corrected chi connectivity index (χ1v) is 6.24. The quantitative estimate of drug-likeness (QED) is 0.905. The number of hydrogen-bond donors (Lipinski definition) is 2. The fourth-order valence-corrected chi connectivity index (χ4v) is 2.05. The summed E-state index contributed by atoms with van der Waals surface area (Å²) in [6.07, 6.45) is 1.65. The molecule has 6 heteroatoms. The third-order valence-electron chi connectivity index (χ3n) is 2.50. The van der Waals surface area contributed by atoms with E-state index in [9.17, 15) is 9.18 Å². The van der Waals surface area contributed by atoms with Gasteiger partial charge >= 0.3 is 5.97 Å². The molecule has 0 saturated heterocycles. The Balaban J connectivity index is 2.18. The Morgan fingerprint density at radius 2 is 2.16 bits per heavy atom. The lowest BCUT2D eigenvalue weighted by atomic mass is 10.2. The molecule has 0 radical (unpaired) electrons. The number of anilines is 1. The predicted octanol–water partition coefficient (Wildman–Crippen LogP) is 3.29. The SMILES string of the molecule is O=C(O)c1ccc(NCc2ccccn2)c(F)c1Br. The zero-order chi connectivity index (χ0) is 13.8. The Hall–Kier alpha value is -1.95. The van der Waals surface area contributed by atoms with Crippen molar-refractivity contribution in [1.29, 1.82) is 0 Å². The molecule has 0 amide bonds. The second-order valence-electron chi connectivity index (χ2n) is 3.77. The molecule has 1 heterocycles. The summed E-state index contributed by atoms with van der Waals surface area (Å²) < 4.78 is 13.9. The standard InChI is InChI=1S/C13H10BrFN2O2/c14-11-9(13(18)19)4-5-10(12(11)15)17-7-8-3-1-2-6-16-8/h1-6,17H,7H2,(H,18,19). The van der Waals surface area contributed by atoms with E-state index in [-0.39, 0.29) is 15.7 Å². The number of halogens is 2. The smallest absolute Gasteiger partial charge is 0.336 e. The summed E-state index contributed by atoms with van der Waals surface area (Å²) in [7, 11) is 0. The summed E-state index contributed by atoms with van der Waals surface area (Å²) in [5, 5.41) is 11.7. The number of carbonyl (C=O) groups is 1. The van der Waals surface area contributed by atoms with Gasteiger partial charge in [-0.25, -0.2) is 9.18 Å². The molecule has 0 aliphatic rings. The van der Waals surface area contributed by atoms with Crippen molar-refractivity contribution >= 4 is 27.6 Å². The summed E-state index contributed by atoms with van der Waals surface area (Å²) in [5.41, 5.74) is 0.878. The molecule has 0 bridgehead atoms. The fraction of sp³-hybridized carbons (Fsp3) is 0.0769. The molecule has 4 nitrogen and oxygen atoms in total. The van der Waals surface area contributed by atoms with Gasteiger partial charge in [-0.2, -0.15) is 0 Å². The van der Waals surface area contributed by atoms with Crippen LogP contribution in [-0.2, 0) is 6.54 Å². The van der Waals surface area contributed by atoms with Crippen LogP contribution in [0, 0.1) is 5.82 Å². The number of benzene rings is 1. The number of carboxylic acids is 1. The van der Waals surface area contributed by atoms with E-state index in [0.29, 0.717) is 6.54 Å². The summed E-state index contributed by atoms with van der Waals surface area (Å²) in [6, 6.07) is 8.18. The maximum atomic E-state index is 13.9. The largest absolute Gasteiger partial charge is 0.478 e. The highest BCUT2D eigenvalue weighted by atomic mass is 79.9. The van der Waals surface area contributed by atoms with Gasteiger partial charge in [0.15, 0.2) is 5.82 Å². The minimum absolute atomic E-state index is 0.0639. The van der Waals surface area contributed by atoms with E-state index >= 15 is 0 Å². The second kappa shape index (κ2) is 5.79. The van der Waals surface area contributed by atoms with Crippen molar-refractivity contribution in [2.75, 3.05) is 5.32 Å². The van der Waals surface area contributed by atoms with E-state index < -0.39 is 11.8 Å². The molecule has 2 rings (SSSR count). The van der Waals surface area contributed by atoms with Crippen LogP contribution < -0.4 is 5.32 Å². The third-order valence-corrected chi connectivity index (χ3v) is 3.27. The minimum atomic E-state index is -1.18. The first-order chi connectivity index (χ1) is 9.09. The van der Waals surface area contributed by atoms with E-state index in [1.54, 1.807) is 12.3 Å². The van der Waals surface area contributed by atoms with Crippen molar-refractivity contribution < 1.29 is 14.3 Å². The van der Waals surface area contributed by atoms with Gasteiger partial charge in [-0.15, -0.1) is 0 Å². The molecule has 0 spiro atoms. The molecule has 98 valence electrons. The second-order valence-corrected chi connectivity index (χ2v) is 4.56. The van der Waals surface area contributed by atoms with Crippen LogP contribution in [0.5, 0.6) is 0 Å². The van der Waals surface area contributed by atoms with Gasteiger partial charge in [0, 0.05) is 6.20 Å². The van der Waals surface area contributed by atoms with Gasteiger partial charge in [0.05, 0.1) is 28.0 Å². The Labute approximate surface area is 117 Å². The van der Waals surface area contributed by atoms with E-state index in [1.807, 2.05) is 12.1 Å². The number of carboxylic acid groups (broad SMARTS) is 1. The van der Waals surface area contributed by atoms with Crippen LogP contribution in [0.1, 0.15) is 16.1 Å². The summed E-state index contributed by atoms with van der Waals surface area (Å²) >= 11 is 2.95. The highest BCUT2D eigenvalue weighted by Gasteiger charge is 2.15. The van der Waals surface area contributed by atoms with Gasteiger partial charge in [0.2, 0.25) is 0 Å². The first kappa shape index (κ1) is 13.5. The van der Waals surface area contributed by atoms with Crippen LogP contribution in [-0.4, -0.2) is 16.1 Å². The van der Waals surface area contributed by atoms with E-state index in [1.165, 1.54) is 12.1 Å². The molecule has 0 fully saturated rings. The van der Waals surface area contributed by atoms with Crippen molar-refractivity contribution in [2.24, 2.45) is 0 Å². The van der Waals surface area contributed by atoms with Crippen molar-refractivity contribution in [1.82, 2.24) is 4.98 Å². The third kappa shape index (κ3) is 3.08. The number of hydrogen-bond acceptors (Lipinski definition) is 3. The summed E-state index contributed by atoms with van der Waals surface area (Å²) in [5.74, 6) is -1.81. The van der Waals surface area contributed by atoms with Gasteiger partial charge < -0.3 is 10.4 Å². The van der Waals surface area contributed by atoms with Crippen molar-refractivity contribution in [3.63, 3.8) is 0 Å². The number of aromatic nitrogens is 1. The normalized spacial score (nSPS) is 10.2. The molecular formula is C13H10BrFN2O2. The fourth-order valence-electron chi connectivity index (χ4n) is 1.54. The van der Waals surface area contributed by atoms with Crippen LogP contribution in [0.2, 0.25) is 0 Å². The first-order valence-electron chi connectivity index (χ1n) is 5.44. The van der Waals surface area contributed by atoms with Crippen molar-refractivity contribution in [3.8, 4) is 0 Å². The van der Waals surface area contributed by atoms with E-state index in [2.05, 4.69) is 26.2 Å². The number of nitrogens with zero attached hydrogens (tertiary/aromatic N) is 1. The Bertz CT molecular complexity index is 605. The Morgan fingerprint density at radius 1 is 1.37 bits per heavy atom. The molecule has 1 aromatic heterocycles. The molecular weight excluding hydrogens is 315 g/mol.